The first-order valence-corrected chi connectivity index (χ1v) is 3.63. The molecular formula is C8H7NO4. The molecule has 1 unspecified atom stereocenters. The number of aliphatic carboxylic acids is 1. The van der Waals surface area contributed by atoms with Crippen molar-refractivity contribution in [3.8, 4) is 11.5 Å². The highest BCUT2D eigenvalue weighted by molar-refractivity contribution is 5.74. The van der Waals surface area contributed by atoms with E-state index in [1.807, 2.05) is 0 Å². The van der Waals surface area contributed by atoms with Crippen LogP contribution in [0.3, 0.4) is 0 Å². The number of nitrogen functional groups attached to an aromatic ring is 1. The van der Waals surface area contributed by atoms with Gasteiger partial charge in [-0.05, 0) is 12.1 Å². The van der Waals surface area contributed by atoms with Crippen molar-refractivity contribution in [2.75, 3.05) is 5.73 Å². The van der Waals surface area contributed by atoms with E-state index in [4.69, 9.17) is 20.3 Å². The van der Waals surface area contributed by atoms with Crippen LogP contribution in [0.2, 0.25) is 0 Å². The Balaban J connectivity index is 2.35. The van der Waals surface area contributed by atoms with E-state index in [1.165, 1.54) is 0 Å². The molecule has 0 amide bonds. The van der Waals surface area contributed by atoms with Gasteiger partial charge in [0.05, 0.1) is 5.69 Å². The van der Waals surface area contributed by atoms with Crippen molar-refractivity contribution < 1.29 is 19.4 Å². The molecule has 0 saturated heterocycles. The molecule has 2 rings (SSSR count). The zero-order valence-electron chi connectivity index (χ0n) is 6.56. The molecule has 0 bridgehead atoms. The van der Waals surface area contributed by atoms with Crippen LogP contribution in [-0.4, -0.2) is 17.4 Å². The Labute approximate surface area is 73.7 Å². The molecule has 1 aliphatic rings. The fourth-order valence-electron chi connectivity index (χ4n) is 1.10. The summed E-state index contributed by atoms with van der Waals surface area (Å²) in [5, 5.41) is 8.59. The number of anilines is 1. The molecule has 0 aliphatic carbocycles. The van der Waals surface area contributed by atoms with Crippen LogP contribution in [0.4, 0.5) is 5.69 Å². The van der Waals surface area contributed by atoms with E-state index >= 15 is 0 Å². The average molecular weight is 181 g/mol. The second-order valence-corrected chi connectivity index (χ2v) is 2.58. The molecular weight excluding hydrogens is 174 g/mol. The van der Waals surface area contributed by atoms with Crippen molar-refractivity contribution in [1.82, 2.24) is 0 Å². The Bertz CT molecular complexity index is 363. The van der Waals surface area contributed by atoms with Gasteiger partial charge in [-0.2, -0.15) is 0 Å². The first-order chi connectivity index (χ1) is 6.18. The summed E-state index contributed by atoms with van der Waals surface area (Å²) < 4.78 is 9.90. The number of carboxylic acids is 1. The van der Waals surface area contributed by atoms with Gasteiger partial charge in [0.2, 0.25) is 0 Å². The number of nitrogens with two attached hydrogens (primary N) is 1. The molecule has 13 heavy (non-hydrogen) atoms. The molecule has 5 heteroatoms. The highest BCUT2D eigenvalue weighted by atomic mass is 16.7. The van der Waals surface area contributed by atoms with E-state index in [-0.39, 0.29) is 0 Å². The molecule has 0 spiro atoms. The number of hydrogen-bond donors (Lipinski definition) is 2. The SMILES string of the molecule is Nc1cccc2c1OC(C(=O)O)O2. The standard InChI is InChI=1S/C8H7NO4/c9-4-2-1-3-5-6(4)13-8(12-5)7(10)11/h1-3,8H,9H2,(H,10,11). The number of benzene rings is 1. The third kappa shape index (κ3) is 1.14. The Kier molecular flexibility index (Phi) is 1.51. The molecule has 0 aromatic heterocycles. The van der Waals surface area contributed by atoms with E-state index in [2.05, 4.69) is 0 Å². The summed E-state index contributed by atoms with van der Waals surface area (Å²) >= 11 is 0. The van der Waals surface area contributed by atoms with Crippen molar-refractivity contribution in [3.05, 3.63) is 18.2 Å². The summed E-state index contributed by atoms with van der Waals surface area (Å²) in [6, 6.07) is 4.89. The van der Waals surface area contributed by atoms with E-state index in [0.717, 1.165) is 0 Å². The molecule has 3 N–H and O–H groups in total. The minimum Gasteiger partial charge on any atom is -0.476 e. The van der Waals surface area contributed by atoms with E-state index < -0.39 is 12.3 Å². The second-order valence-electron chi connectivity index (χ2n) is 2.58. The third-order valence-corrected chi connectivity index (χ3v) is 1.67. The Morgan fingerprint density at radius 3 is 2.85 bits per heavy atom. The van der Waals surface area contributed by atoms with Gasteiger partial charge in [0.15, 0.2) is 11.5 Å². The number of hydrogen-bond acceptors (Lipinski definition) is 4. The fourth-order valence-corrected chi connectivity index (χ4v) is 1.10. The summed E-state index contributed by atoms with van der Waals surface area (Å²) in [5.41, 5.74) is 5.91. The van der Waals surface area contributed by atoms with Crippen LogP contribution in [0.5, 0.6) is 11.5 Å². The maximum atomic E-state index is 10.5. The lowest BCUT2D eigenvalue weighted by molar-refractivity contribution is -0.154. The number of carboxylic acid groups (broad SMARTS) is 1. The predicted octanol–water partition coefficient (Wildman–Crippen LogP) is 0.451. The Morgan fingerprint density at radius 2 is 2.23 bits per heavy atom. The Hall–Kier alpha value is -1.91. The van der Waals surface area contributed by atoms with Crippen molar-refractivity contribution in [3.63, 3.8) is 0 Å². The van der Waals surface area contributed by atoms with Crippen molar-refractivity contribution in [2.24, 2.45) is 0 Å². The van der Waals surface area contributed by atoms with Gasteiger partial charge >= 0.3 is 12.3 Å². The predicted molar refractivity (Wildman–Crippen MR) is 43.5 cm³/mol. The maximum absolute atomic E-state index is 10.5. The van der Waals surface area contributed by atoms with Gasteiger partial charge in [-0.15, -0.1) is 0 Å². The molecule has 0 fully saturated rings. The van der Waals surface area contributed by atoms with Gasteiger partial charge in [0, 0.05) is 0 Å². The molecule has 1 aliphatic heterocycles. The van der Waals surface area contributed by atoms with Crippen molar-refractivity contribution in [1.29, 1.82) is 0 Å². The minimum absolute atomic E-state index is 0.301. The highest BCUT2D eigenvalue weighted by Crippen LogP contribution is 2.39. The van der Waals surface area contributed by atoms with Gasteiger partial charge in [0.1, 0.15) is 0 Å². The first kappa shape index (κ1) is 7.72. The van der Waals surface area contributed by atoms with Crippen LogP contribution in [-0.2, 0) is 4.79 Å². The van der Waals surface area contributed by atoms with E-state index in [0.29, 0.717) is 17.2 Å². The Morgan fingerprint density at radius 1 is 1.46 bits per heavy atom. The summed E-state index contributed by atoms with van der Waals surface area (Å²) in [4.78, 5) is 10.5. The maximum Gasteiger partial charge on any atom is 0.387 e. The smallest absolute Gasteiger partial charge is 0.387 e. The number of rotatable bonds is 1. The van der Waals surface area contributed by atoms with Gasteiger partial charge in [-0.1, -0.05) is 6.07 Å². The topological polar surface area (TPSA) is 81.8 Å². The normalized spacial score (nSPS) is 18.6. The van der Waals surface area contributed by atoms with E-state index in [9.17, 15) is 4.79 Å². The van der Waals surface area contributed by atoms with Gasteiger partial charge in [-0.3, -0.25) is 0 Å². The molecule has 0 radical (unpaired) electrons. The number of carbonyl (C=O) groups is 1. The summed E-state index contributed by atoms with van der Waals surface area (Å²) in [5.74, 6) is -0.502. The lowest BCUT2D eigenvalue weighted by Crippen LogP contribution is -2.28. The first-order valence-electron chi connectivity index (χ1n) is 3.63. The summed E-state index contributed by atoms with van der Waals surface area (Å²) in [6.07, 6.45) is -1.28. The zero-order chi connectivity index (χ0) is 9.42. The molecule has 5 nitrogen and oxygen atoms in total. The summed E-state index contributed by atoms with van der Waals surface area (Å²) in [7, 11) is 0. The van der Waals surface area contributed by atoms with Crippen LogP contribution >= 0.6 is 0 Å². The molecule has 1 atom stereocenters. The van der Waals surface area contributed by atoms with Crippen LogP contribution in [0.1, 0.15) is 0 Å². The number of ether oxygens (including phenoxy) is 2. The molecule has 68 valence electrons. The van der Waals surface area contributed by atoms with Gasteiger partial charge < -0.3 is 20.3 Å². The third-order valence-electron chi connectivity index (χ3n) is 1.67. The fraction of sp³-hybridized carbons (Fsp3) is 0.125. The average Bonchev–Trinajstić information content (AvgIpc) is 2.49. The lowest BCUT2D eigenvalue weighted by Gasteiger charge is -2.02. The van der Waals surface area contributed by atoms with Crippen LogP contribution in [0, 0.1) is 0 Å². The second kappa shape index (κ2) is 2.55. The van der Waals surface area contributed by atoms with Crippen molar-refractivity contribution in [2.45, 2.75) is 6.29 Å². The monoisotopic (exact) mass is 181 g/mol. The van der Waals surface area contributed by atoms with Crippen LogP contribution < -0.4 is 15.2 Å². The van der Waals surface area contributed by atoms with Gasteiger partial charge in [-0.25, -0.2) is 4.79 Å². The van der Waals surface area contributed by atoms with Crippen LogP contribution in [0.25, 0.3) is 0 Å². The largest absolute Gasteiger partial charge is 0.476 e. The highest BCUT2D eigenvalue weighted by Gasteiger charge is 2.31. The quantitative estimate of drug-likeness (QED) is 0.614. The molecule has 1 heterocycles. The minimum atomic E-state index is -1.28. The van der Waals surface area contributed by atoms with Crippen LogP contribution in [0.15, 0.2) is 18.2 Å². The van der Waals surface area contributed by atoms with Gasteiger partial charge in [0.25, 0.3) is 0 Å². The zero-order valence-corrected chi connectivity index (χ0v) is 6.56. The van der Waals surface area contributed by atoms with Crippen molar-refractivity contribution >= 4 is 11.7 Å². The molecule has 0 saturated carbocycles. The van der Waals surface area contributed by atoms with E-state index in [1.54, 1.807) is 18.2 Å². The summed E-state index contributed by atoms with van der Waals surface area (Å²) in [6.45, 7) is 0. The number of fused-ring (bicyclic) bond motifs is 1. The molecule has 1 aromatic carbocycles. The number of para-hydroxylation sites is 1. The lowest BCUT2D eigenvalue weighted by atomic mass is 10.3. The molecule has 1 aromatic rings.